The SMILES string of the molecule is c1ccc([Se]C2CCCC3CCC2O3)cc1. The number of rotatable bonds is 2. The summed E-state index contributed by atoms with van der Waals surface area (Å²) in [6.45, 7) is 0. The molecule has 2 saturated heterocycles. The third-order valence-electron chi connectivity index (χ3n) is 3.60. The average Bonchev–Trinajstić information content (AvgIpc) is 2.68. The number of hydrogen-bond donors (Lipinski definition) is 0. The summed E-state index contributed by atoms with van der Waals surface area (Å²) < 4.78 is 7.66. The molecule has 1 nitrogen and oxygen atoms in total. The van der Waals surface area contributed by atoms with Crippen molar-refractivity contribution < 1.29 is 4.74 Å². The molecule has 2 aliphatic heterocycles. The van der Waals surface area contributed by atoms with E-state index in [1.165, 1.54) is 36.6 Å². The summed E-state index contributed by atoms with van der Waals surface area (Å²) in [7, 11) is 0. The van der Waals surface area contributed by atoms with Crippen LogP contribution in [0, 0.1) is 0 Å². The first kappa shape index (κ1) is 10.8. The molecule has 2 heteroatoms. The van der Waals surface area contributed by atoms with Crippen molar-refractivity contribution in [2.24, 2.45) is 0 Å². The van der Waals surface area contributed by atoms with Crippen molar-refractivity contribution in [1.82, 2.24) is 0 Å². The summed E-state index contributed by atoms with van der Waals surface area (Å²) in [4.78, 5) is 0.822. The molecule has 1 aromatic carbocycles. The van der Waals surface area contributed by atoms with Gasteiger partial charge in [-0.3, -0.25) is 0 Å². The molecule has 2 fully saturated rings. The van der Waals surface area contributed by atoms with Crippen molar-refractivity contribution in [1.29, 1.82) is 0 Å². The van der Waals surface area contributed by atoms with Crippen LogP contribution in [0.5, 0.6) is 0 Å². The van der Waals surface area contributed by atoms with Gasteiger partial charge in [0, 0.05) is 0 Å². The maximum atomic E-state index is 6.12. The van der Waals surface area contributed by atoms with E-state index in [1.54, 1.807) is 0 Å². The second-order valence-corrected chi connectivity index (χ2v) is 7.53. The Hall–Kier alpha value is -0.301. The van der Waals surface area contributed by atoms with Gasteiger partial charge in [-0.25, -0.2) is 0 Å². The number of fused-ring (bicyclic) bond motifs is 2. The first-order valence-corrected chi connectivity index (χ1v) is 8.13. The van der Waals surface area contributed by atoms with Gasteiger partial charge < -0.3 is 0 Å². The Labute approximate surface area is 104 Å². The van der Waals surface area contributed by atoms with Gasteiger partial charge in [0.1, 0.15) is 0 Å². The van der Waals surface area contributed by atoms with Crippen molar-refractivity contribution in [3.8, 4) is 0 Å². The van der Waals surface area contributed by atoms with Gasteiger partial charge in [-0.2, -0.15) is 0 Å². The normalized spacial score (nSPS) is 33.6. The fraction of sp³-hybridized carbons (Fsp3) is 0.571. The Bertz CT molecular complexity index is 338. The Morgan fingerprint density at radius 1 is 1.00 bits per heavy atom. The third kappa shape index (κ3) is 2.34. The summed E-state index contributed by atoms with van der Waals surface area (Å²) in [6.07, 6.45) is 7.86. The van der Waals surface area contributed by atoms with Crippen molar-refractivity contribution in [3.05, 3.63) is 30.3 Å². The molecule has 1 aromatic rings. The monoisotopic (exact) mass is 282 g/mol. The zero-order valence-corrected chi connectivity index (χ0v) is 11.2. The van der Waals surface area contributed by atoms with Crippen LogP contribution in [-0.4, -0.2) is 27.2 Å². The fourth-order valence-electron chi connectivity index (χ4n) is 2.76. The molecule has 3 unspecified atom stereocenters. The van der Waals surface area contributed by atoms with Crippen LogP contribution in [-0.2, 0) is 4.74 Å². The molecule has 0 spiro atoms. The zero-order valence-electron chi connectivity index (χ0n) is 9.47. The molecule has 3 rings (SSSR count). The van der Waals surface area contributed by atoms with Crippen LogP contribution in [0.25, 0.3) is 0 Å². The van der Waals surface area contributed by atoms with E-state index in [0.717, 1.165) is 4.82 Å². The standard InChI is InChI=1S/C14H18OSe/c1-2-6-12(7-3-1)16-14-8-4-5-11-9-10-13(14)15-11/h1-3,6-7,11,13-14H,4-5,8-10H2. The third-order valence-corrected chi connectivity index (χ3v) is 6.51. The summed E-state index contributed by atoms with van der Waals surface area (Å²) in [6, 6.07) is 11.0. The second kappa shape index (κ2) is 4.91. The van der Waals surface area contributed by atoms with E-state index in [-0.39, 0.29) is 0 Å². The topological polar surface area (TPSA) is 9.23 Å². The fourth-order valence-corrected chi connectivity index (χ4v) is 5.49. The molecule has 3 atom stereocenters. The summed E-state index contributed by atoms with van der Waals surface area (Å²) in [5.41, 5.74) is 0. The van der Waals surface area contributed by atoms with E-state index in [9.17, 15) is 0 Å². The van der Waals surface area contributed by atoms with Crippen LogP contribution >= 0.6 is 0 Å². The van der Waals surface area contributed by atoms with Crippen LogP contribution < -0.4 is 4.46 Å². The van der Waals surface area contributed by atoms with E-state index in [0.29, 0.717) is 27.2 Å². The molecule has 86 valence electrons. The molecule has 0 radical (unpaired) electrons. The van der Waals surface area contributed by atoms with Gasteiger partial charge in [0.05, 0.1) is 0 Å². The van der Waals surface area contributed by atoms with Crippen LogP contribution in [0.4, 0.5) is 0 Å². The van der Waals surface area contributed by atoms with Gasteiger partial charge in [0.2, 0.25) is 0 Å². The van der Waals surface area contributed by atoms with Crippen LogP contribution in [0.2, 0.25) is 4.82 Å². The first-order chi connectivity index (χ1) is 7.92. The molecule has 0 amide bonds. The Morgan fingerprint density at radius 2 is 1.88 bits per heavy atom. The maximum absolute atomic E-state index is 6.12. The predicted octanol–water partition coefficient (Wildman–Crippen LogP) is 2.54. The molecule has 0 aliphatic carbocycles. The Kier molecular flexibility index (Phi) is 3.32. The molecule has 2 bridgehead atoms. The van der Waals surface area contributed by atoms with Crippen LogP contribution in [0.15, 0.2) is 30.3 Å². The van der Waals surface area contributed by atoms with Gasteiger partial charge in [-0.1, -0.05) is 0 Å². The van der Waals surface area contributed by atoms with E-state index in [2.05, 4.69) is 30.3 Å². The first-order valence-electron chi connectivity index (χ1n) is 6.29. The van der Waals surface area contributed by atoms with E-state index in [1.807, 2.05) is 0 Å². The molecule has 16 heavy (non-hydrogen) atoms. The average molecular weight is 281 g/mol. The second-order valence-electron chi connectivity index (χ2n) is 4.77. The molecule has 0 aromatic heterocycles. The van der Waals surface area contributed by atoms with Gasteiger partial charge in [-0.15, -0.1) is 0 Å². The van der Waals surface area contributed by atoms with Crippen molar-refractivity contribution >= 4 is 19.4 Å². The Balaban J connectivity index is 1.69. The minimum atomic E-state index is 0.577. The molecular formula is C14H18OSe. The number of ether oxygens (including phenoxy) is 1. The summed E-state index contributed by atoms with van der Waals surface area (Å²) in [5, 5.41) is 0. The van der Waals surface area contributed by atoms with Crippen molar-refractivity contribution in [2.45, 2.75) is 49.1 Å². The summed E-state index contributed by atoms with van der Waals surface area (Å²) in [5.74, 6) is 0. The van der Waals surface area contributed by atoms with E-state index >= 15 is 0 Å². The number of benzene rings is 1. The molecular weight excluding hydrogens is 263 g/mol. The minimum absolute atomic E-state index is 0.577. The van der Waals surface area contributed by atoms with E-state index in [4.69, 9.17) is 4.74 Å². The zero-order chi connectivity index (χ0) is 10.8. The molecule has 0 saturated carbocycles. The predicted molar refractivity (Wildman–Crippen MR) is 67.3 cm³/mol. The van der Waals surface area contributed by atoms with E-state index < -0.39 is 0 Å². The summed E-state index contributed by atoms with van der Waals surface area (Å²) >= 11 is 0.602. The molecule has 2 aliphatic rings. The van der Waals surface area contributed by atoms with Crippen molar-refractivity contribution in [2.75, 3.05) is 0 Å². The van der Waals surface area contributed by atoms with Crippen LogP contribution in [0.3, 0.4) is 0 Å². The Morgan fingerprint density at radius 3 is 2.75 bits per heavy atom. The van der Waals surface area contributed by atoms with Gasteiger partial charge >= 0.3 is 104 Å². The molecule has 0 N–H and O–H groups in total. The molecule has 2 heterocycles. The number of hydrogen-bond acceptors (Lipinski definition) is 1. The quantitative estimate of drug-likeness (QED) is 0.757. The van der Waals surface area contributed by atoms with Crippen molar-refractivity contribution in [3.63, 3.8) is 0 Å². The van der Waals surface area contributed by atoms with Gasteiger partial charge in [-0.05, 0) is 0 Å². The van der Waals surface area contributed by atoms with Gasteiger partial charge in [0.25, 0.3) is 0 Å². The van der Waals surface area contributed by atoms with Gasteiger partial charge in [0.15, 0.2) is 0 Å². The van der Waals surface area contributed by atoms with Crippen LogP contribution in [0.1, 0.15) is 32.1 Å².